The summed E-state index contributed by atoms with van der Waals surface area (Å²) in [6, 6.07) is 3.98. The van der Waals surface area contributed by atoms with Crippen molar-refractivity contribution in [1.29, 1.82) is 0 Å². The van der Waals surface area contributed by atoms with Crippen molar-refractivity contribution in [3.63, 3.8) is 0 Å². The highest BCUT2D eigenvalue weighted by Crippen LogP contribution is 2.37. The van der Waals surface area contributed by atoms with Crippen LogP contribution in [-0.4, -0.2) is 45.3 Å². The van der Waals surface area contributed by atoms with Crippen molar-refractivity contribution in [3.05, 3.63) is 35.0 Å². The summed E-state index contributed by atoms with van der Waals surface area (Å²) in [4.78, 5) is 14.4. The van der Waals surface area contributed by atoms with Gasteiger partial charge in [-0.25, -0.2) is 4.79 Å². The Hall–Kier alpha value is -2.17. The van der Waals surface area contributed by atoms with Gasteiger partial charge in [0.05, 0.1) is 26.9 Å². The molecule has 0 amide bonds. The molecule has 0 bridgehead atoms. The molecular weight excluding hydrogens is 294 g/mol. The van der Waals surface area contributed by atoms with E-state index >= 15 is 0 Å². The van der Waals surface area contributed by atoms with E-state index in [9.17, 15) is 4.79 Å². The number of esters is 1. The van der Waals surface area contributed by atoms with Crippen LogP contribution in [0.3, 0.4) is 0 Å². The number of benzene rings is 1. The first-order chi connectivity index (χ1) is 11.0. The second kappa shape index (κ2) is 7.40. The molecule has 126 valence electrons. The predicted octanol–water partition coefficient (Wildman–Crippen LogP) is 2.74. The zero-order chi connectivity index (χ0) is 17.0. The number of rotatable bonds is 4. The number of nitrogens with zero attached hydrogens (tertiary/aromatic N) is 1. The summed E-state index contributed by atoms with van der Waals surface area (Å²) >= 11 is 0. The minimum Gasteiger partial charge on any atom is -0.493 e. The Kier molecular flexibility index (Phi) is 5.53. The minimum absolute atomic E-state index is 0.0772. The van der Waals surface area contributed by atoms with Crippen LogP contribution in [0.15, 0.2) is 23.9 Å². The first kappa shape index (κ1) is 17.2. The van der Waals surface area contributed by atoms with E-state index in [0.717, 1.165) is 25.1 Å². The summed E-state index contributed by atoms with van der Waals surface area (Å²) in [6.07, 6.45) is 2.81. The zero-order valence-electron chi connectivity index (χ0n) is 14.5. The normalized spacial score (nSPS) is 19.8. The molecule has 1 aliphatic rings. The average molecular weight is 319 g/mol. The Morgan fingerprint density at radius 2 is 1.87 bits per heavy atom. The SMILES string of the molecule is CCN1/C=C(/C(=O)OC)C(C)c2cc(OC)c(OC)cc2CC1. The average Bonchev–Trinajstić information content (AvgIpc) is 2.58. The summed E-state index contributed by atoms with van der Waals surface area (Å²) in [5.74, 6) is 1.02. The van der Waals surface area contributed by atoms with E-state index in [0.29, 0.717) is 17.1 Å². The molecule has 5 nitrogen and oxygen atoms in total. The first-order valence-corrected chi connectivity index (χ1v) is 7.84. The lowest BCUT2D eigenvalue weighted by Gasteiger charge is -2.28. The van der Waals surface area contributed by atoms with Crippen LogP contribution in [0.25, 0.3) is 0 Å². The highest BCUT2D eigenvalue weighted by Gasteiger charge is 2.26. The number of hydrogen-bond acceptors (Lipinski definition) is 5. The van der Waals surface area contributed by atoms with E-state index in [1.54, 1.807) is 14.2 Å². The predicted molar refractivity (Wildman–Crippen MR) is 89.0 cm³/mol. The van der Waals surface area contributed by atoms with Crippen LogP contribution in [-0.2, 0) is 16.0 Å². The maximum absolute atomic E-state index is 12.2. The number of ether oxygens (including phenoxy) is 3. The van der Waals surface area contributed by atoms with Crippen molar-refractivity contribution < 1.29 is 19.0 Å². The maximum Gasteiger partial charge on any atom is 0.335 e. The summed E-state index contributed by atoms with van der Waals surface area (Å²) < 4.78 is 15.8. The molecule has 2 rings (SSSR count). The molecule has 1 aromatic rings. The molecule has 0 spiro atoms. The van der Waals surface area contributed by atoms with E-state index in [4.69, 9.17) is 14.2 Å². The van der Waals surface area contributed by atoms with Crippen molar-refractivity contribution in [2.24, 2.45) is 0 Å². The van der Waals surface area contributed by atoms with Gasteiger partial charge in [0.25, 0.3) is 0 Å². The summed E-state index contributed by atoms with van der Waals surface area (Å²) in [7, 11) is 4.67. The largest absolute Gasteiger partial charge is 0.493 e. The van der Waals surface area contributed by atoms with Crippen LogP contribution < -0.4 is 9.47 Å². The number of likely N-dealkylation sites (N-methyl/N-ethyl adjacent to an activating group) is 1. The van der Waals surface area contributed by atoms with Crippen molar-refractivity contribution >= 4 is 5.97 Å². The Labute approximate surface area is 137 Å². The van der Waals surface area contributed by atoms with E-state index in [2.05, 4.69) is 11.8 Å². The lowest BCUT2D eigenvalue weighted by molar-refractivity contribution is -0.136. The Balaban J connectivity index is 2.56. The number of hydrogen-bond donors (Lipinski definition) is 0. The van der Waals surface area contributed by atoms with Gasteiger partial charge in [-0.3, -0.25) is 0 Å². The van der Waals surface area contributed by atoms with Crippen LogP contribution in [0.4, 0.5) is 0 Å². The van der Waals surface area contributed by atoms with E-state index in [1.165, 1.54) is 12.7 Å². The highest BCUT2D eigenvalue weighted by molar-refractivity contribution is 5.90. The number of carbonyl (C=O) groups is 1. The Morgan fingerprint density at radius 3 is 2.43 bits per heavy atom. The van der Waals surface area contributed by atoms with E-state index in [-0.39, 0.29) is 11.9 Å². The zero-order valence-corrected chi connectivity index (χ0v) is 14.5. The fraction of sp³-hybridized carbons (Fsp3) is 0.500. The lowest BCUT2D eigenvalue weighted by Crippen LogP contribution is -2.26. The summed E-state index contributed by atoms with van der Waals surface area (Å²) in [6.45, 7) is 5.78. The van der Waals surface area contributed by atoms with Crippen LogP contribution in [0.1, 0.15) is 30.9 Å². The first-order valence-electron chi connectivity index (χ1n) is 7.84. The molecule has 1 unspecified atom stereocenters. The fourth-order valence-corrected chi connectivity index (χ4v) is 2.96. The van der Waals surface area contributed by atoms with Crippen molar-refractivity contribution in [1.82, 2.24) is 4.90 Å². The molecule has 0 radical (unpaired) electrons. The van der Waals surface area contributed by atoms with E-state index < -0.39 is 0 Å². The van der Waals surface area contributed by atoms with Crippen LogP contribution in [0, 0.1) is 0 Å². The van der Waals surface area contributed by atoms with Gasteiger partial charge in [0.2, 0.25) is 0 Å². The van der Waals surface area contributed by atoms with Gasteiger partial charge in [-0.05, 0) is 36.6 Å². The highest BCUT2D eigenvalue weighted by atomic mass is 16.5. The molecule has 1 atom stereocenters. The molecule has 0 aliphatic carbocycles. The Morgan fingerprint density at radius 1 is 1.22 bits per heavy atom. The lowest BCUT2D eigenvalue weighted by atomic mass is 9.87. The standard InChI is InChI=1S/C18H25NO4/c1-6-19-8-7-13-9-16(21-3)17(22-4)10-14(13)12(2)15(11-19)18(20)23-5/h9-12H,6-8H2,1-5H3/b15-11+. The third kappa shape index (κ3) is 3.44. The smallest absolute Gasteiger partial charge is 0.335 e. The molecule has 5 heteroatoms. The molecule has 1 heterocycles. The third-order valence-corrected chi connectivity index (χ3v) is 4.40. The second-order valence-corrected chi connectivity index (χ2v) is 5.58. The molecule has 23 heavy (non-hydrogen) atoms. The topological polar surface area (TPSA) is 48.0 Å². The van der Waals surface area contributed by atoms with Gasteiger partial charge < -0.3 is 19.1 Å². The van der Waals surface area contributed by atoms with Crippen LogP contribution in [0.2, 0.25) is 0 Å². The van der Waals surface area contributed by atoms with Gasteiger partial charge >= 0.3 is 5.97 Å². The van der Waals surface area contributed by atoms with Crippen molar-refractivity contribution in [3.8, 4) is 11.5 Å². The number of carbonyl (C=O) groups excluding carboxylic acids is 1. The Bertz CT molecular complexity index is 609. The molecule has 0 aromatic heterocycles. The summed E-state index contributed by atoms with van der Waals surface area (Å²) in [5.41, 5.74) is 2.90. The van der Waals surface area contributed by atoms with Gasteiger partial charge in [0, 0.05) is 25.2 Å². The molecule has 0 saturated carbocycles. The van der Waals surface area contributed by atoms with Gasteiger partial charge in [-0.15, -0.1) is 0 Å². The fourth-order valence-electron chi connectivity index (χ4n) is 2.96. The number of methoxy groups -OCH3 is 3. The molecule has 1 aliphatic heterocycles. The molecule has 0 N–H and O–H groups in total. The minimum atomic E-state index is -0.293. The van der Waals surface area contributed by atoms with Gasteiger partial charge in [0.1, 0.15) is 0 Å². The van der Waals surface area contributed by atoms with Gasteiger partial charge in [-0.1, -0.05) is 6.92 Å². The van der Waals surface area contributed by atoms with Crippen molar-refractivity contribution in [2.75, 3.05) is 34.4 Å². The van der Waals surface area contributed by atoms with Gasteiger partial charge in [0.15, 0.2) is 11.5 Å². The maximum atomic E-state index is 12.2. The van der Waals surface area contributed by atoms with Crippen molar-refractivity contribution in [2.45, 2.75) is 26.2 Å². The third-order valence-electron chi connectivity index (χ3n) is 4.40. The molecule has 1 aromatic carbocycles. The molecule has 0 fully saturated rings. The molecule has 0 saturated heterocycles. The van der Waals surface area contributed by atoms with E-state index in [1.807, 2.05) is 25.3 Å². The van der Waals surface area contributed by atoms with Crippen LogP contribution in [0.5, 0.6) is 11.5 Å². The quantitative estimate of drug-likeness (QED) is 0.799. The summed E-state index contributed by atoms with van der Waals surface area (Å²) in [5, 5.41) is 0. The molecular formula is C18H25NO4. The number of fused-ring (bicyclic) bond motifs is 1. The monoisotopic (exact) mass is 319 g/mol. The second-order valence-electron chi connectivity index (χ2n) is 5.58. The van der Waals surface area contributed by atoms with Crippen LogP contribution >= 0.6 is 0 Å². The van der Waals surface area contributed by atoms with Gasteiger partial charge in [-0.2, -0.15) is 0 Å².